The predicted octanol–water partition coefficient (Wildman–Crippen LogP) is 3.33. The summed E-state index contributed by atoms with van der Waals surface area (Å²) in [6.45, 7) is 0. The summed E-state index contributed by atoms with van der Waals surface area (Å²) in [6, 6.07) is 0.393. The number of thioether (sulfide) groups is 1. The van der Waals surface area contributed by atoms with Crippen LogP contribution in [0.25, 0.3) is 10.2 Å². The lowest BCUT2D eigenvalue weighted by Gasteiger charge is -2.11. The van der Waals surface area contributed by atoms with E-state index in [-0.39, 0.29) is 5.91 Å². The number of nitrogens with one attached hydrogen (secondary N) is 1. The third-order valence-electron chi connectivity index (χ3n) is 4.53. The van der Waals surface area contributed by atoms with Gasteiger partial charge in [-0.1, -0.05) is 24.6 Å². The van der Waals surface area contributed by atoms with E-state index in [1.165, 1.54) is 41.5 Å². The van der Waals surface area contributed by atoms with Crippen molar-refractivity contribution in [2.45, 2.75) is 56.0 Å². The molecule has 4 rings (SSSR count). The van der Waals surface area contributed by atoms with Crippen LogP contribution in [0, 0.1) is 0 Å². The number of carbonyl (C=O) groups excluding carboxylic acids is 1. The predicted molar refractivity (Wildman–Crippen MR) is 90.6 cm³/mol. The molecule has 0 unspecified atom stereocenters. The molecule has 6 heteroatoms. The second-order valence-electron chi connectivity index (χ2n) is 6.05. The molecule has 0 spiro atoms. The average molecular weight is 333 g/mol. The first-order valence-electron chi connectivity index (χ1n) is 7.98. The van der Waals surface area contributed by atoms with Crippen LogP contribution >= 0.6 is 23.1 Å². The number of hydrogen-bond acceptors (Lipinski definition) is 5. The van der Waals surface area contributed by atoms with Crippen LogP contribution in [0.2, 0.25) is 0 Å². The highest BCUT2D eigenvalue weighted by Gasteiger charge is 2.22. The topological polar surface area (TPSA) is 54.9 Å². The Morgan fingerprint density at radius 1 is 1.27 bits per heavy atom. The van der Waals surface area contributed by atoms with Crippen molar-refractivity contribution in [2.24, 2.45) is 0 Å². The standard InChI is InChI=1S/C16H19N3OS2/c20-13(19-10-4-1-2-5-10)8-21-15-14-11-6-3-7-12(11)22-16(14)18-9-17-15/h9-10H,1-8H2,(H,19,20). The lowest BCUT2D eigenvalue weighted by molar-refractivity contribution is -0.119. The molecule has 2 aliphatic carbocycles. The second-order valence-corrected chi connectivity index (χ2v) is 8.10. The Bertz CT molecular complexity index is 707. The summed E-state index contributed by atoms with van der Waals surface area (Å²) in [4.78, 5) is 23.5. The van der Waals surface area contributed by atoms with Crippen molar-refractivity contribution in [3.8, 4) is 0 Å². The number of hydrogen-bond donors (Lipinski definition) is 1. The van der Waals surface area contributed by atoms with E-state index >= 15 is 0 Å². The van der Waals surface area contributed by atoms with Gasteiger partial charge in [-0.3, -0.25) is 4.79 Å². The molecule has 1 saturated carbocycles. The fraction of sp³-hybridized carbons (Fsp3) is 0.562. The van der Waals surface area contributed by atoms with Gasteiger partial charge in [0.25, 0.3) is 0 Å². The molecule has 0 aromatic carbocycles. The lowest BCUT2D eigenvalue weighted by Crippen LogP contribution is -2.33. The Kier molecular flexibility index (Phi) is 4.05. The van der Waals surface area contributed by atoms with E-state index in [0.29, 0.717) is 11.8 Å². The summed E-state index contributed by atoms with van der Waals surface area (Å²) < 4.78 is 0. The fourth-order valence-electron chi connectivity index (χ4n) is 3.48. The van der Waals surface area contributed by atoms with Gasteiger partial charge in [-0.25, -0.2) is 9.97 Å². The van der Waals surface area contributed by atoms with Crippen molar-refractivity contribution in [2.75, 3.05) is 5.75 Å². The summed E-state index contributed by atoms with van der Waals surface area (Å²) in [5, 5.41) is 5.33. The van der Waals surface area contributed by atoms with Crippen molar-refractivity contribution >= 4 is 39.2 Å². The molecule has 1 fully saturated rings. The number of rotatable bonds is 4. The fourth-order valence-corrected chi connectivity index (χ4v) is 5.61. The highest BCUT2D eigenvalue weighted by atomic mass is 32.2. The maximum absolute atomic E-state index is 12.1. The first-order chi connectivity index (χ1) is 10.8. The van der Waals surface area contributed by atoms with Crippen molar-refractivity contribution in [1.29, 1.82) is 0 Å². The number of nitrogens with zero attached hydrogens (tertiary/aromatic N) is 2. The van der Waals surface area contributed by atoms with Gasteiger partial charge in [0.15, 0.2) is 0 Å². The maximum atomic E-state index is 12.1. The van der Waals surface area contributed by atoms with Crippen LogP contribution < -0.4 is 5.32 Å². The van der Waals surface area contributed by atoms with Gasteiger partial charge in [0.2, 0.25) is 5.91 Å². The van der Waals surface area contributed by atoms with Gasteiger partial charge >= 0.3 is 0 Å². The summed E-state index contributed by atoms with van der Waals surface area (Å²) in [7, 11) is 0. The first-order valence-corrected chi connectivity index (χ1v) is 9.79. The van der Waals surface area contributed by atoms with E-state index in [4.69, 9.17) is 0 Å². The van der Waals surface area contributed by atoms with Crippen LogP contribution in [0.5, 0.6) is 0 Å². The highest BCUT2D eigenvalue weighted by Crippen LogP contribution is 2.39. The Hall–Kier alpha value is -1.14. The zero-order valence-corrected chi connectivity index (χ0v) is 14.1. The molecule has 2 aromatic rings. The molecule has 1 amide bonds. The molecule has 2 heterocycles. The third kappa shape index (κ3) is 2.74. The molecule has 22 heavy (non-hydrogen) atoms. The summed E-state index contributed by atoms with van der Waals surface area (Å²) in [5.41, 5.74) is 1.43. The van der Waals surface area contributed by atoms with Crippen LogP contribution in [0.1, 0.15) is 42.5 Å². The molecule has 0 aliphatic heterocycles. The quantitative estimate of drug-likeness (QED) is 0.689. The van der Waals surface area contributed by atoms with Crippen molar-refractivity contribution in [3.05, 3.63) is 16.8 Å². The minimum absolute atomic E-state index is 0.135. The summed E-state index contributed by atoms with van der Waals surface area (Å²) >= 11 is 3.35. The van der Waals surface area contributed by atoms with Crippen molar-refractivity contribution in [1.82, 2.24) is 15.3 Å². The first kappa shape index (κ1) is 14.5. The van der Waals surface area contributed by atoms with Crippen LogP contribution in [-0.2, 0) is 17.6 Å². The van der Waals surface area contributed by atoms with Gasteiger partial charge in [-0.05, 0) is 37.7 Å². The SMILES string of the molecule is O=C(CSc1ncnc2sc3c(c12)CCC3)NC1CCCC1. The molecule has 116 valence electrons. The molecular weight excluding hydrogens is 314 g/mol. The molecule has 0 atom stereocenters. The Morgan fingerprint density at radius 3 is 3.00 bits per heavy atom. The second kappa shape index (κ2) is 6.16. The van der Waals surface area contributed by atoms with E-state index in [2.05, 4.69) is 15.3 Å². The van der Waals surface area contributed by atoms with Crippen LogP contribution in [-0.4, -0.2) is 27.7 Å². The van der Waals surface area contributed by atoms with Gasteiger partial charge in [-0.2, -0.15) is 0 Å². The number of thiophene rings is 1. The maximum Gasteiger partial charge on any atom is 0.230 e. The van der Waals surface area contributed by atoms with Crippen molar-refractivity contribution in [3.63, 3.8) is 0 Å². The normalized spacial score (nSPS) is 18.0. The van der Waals surface area contributed by atoms with Crippen LogP contribution in [0.4, 0.5) is 0 Å². The monoisotopic (exact) mass is 333 g/mol. The van der Waals surface area contributed by atoms with Gasteiger partial charge in [-0.15, -0.1) is 11.3 Å². The van der Waals surface area contributed by atoms with E-state index in [1.807, 2.05) is 0 Å². The van der Waals surface area contributed by atoms with Gasteiger partial charge < -0.3 is 5.32 Å². The van der Waals surface area contributed by atoms with Crippen molar-refractivity contribution < 1.29 is 4.79 Å². The minimum atomic E-state index is 0.135. The molecular formula is C16H19N3OS2. The van der Waals surface area contributed by atoms with E-state index < -0.39 is 0 Å². The van der Waals surface area contributed by atoms with Gasteiger partial charge in [0.1, 0.15) is 16.2 Å². The molecule has 4 nitrogen and oxygen atoms in total. The van der Waals surface area contributed by atoms with Gasteiger partial charge in [0, 0.05) is 16.3 Å². The van der Waals surface area contributed by atoms with Crippen LogP contribution in [0.15, 0.2) is 11.4 Å². The largest absolute Gasteiger partial charge is 0.353 e. The lowest BCUT2D eigenvalue weighted by atomic mass is 10.2. The highest BCUT2D eigenvalue weighted by molar-refractivity contribution is 8.00. The Labute approximate surface area is 138 Å². The molecule has 1 N–H and O–H groups in total. The Balaban J connectivity index is 1.48. The van der Waals surface area contributed by atoms with E-state index in [9.17, 15) is 4.79 Å². The molecule has 2 aromatic heterocycles. The number of aryl methyl sites for hydroxylation is 2. The van der Waals surface area contributed by atoms with Gasteiger partial charge in [0.05, 0.1) is 5.75 Å². The van der Waals surface area contributed by atoms with E-state index in [1.54, 1.807) is 29.4 Å². The average Bonchev–Trinajstić information content (AvgIpc) is 3.21. The van der Waals surface area contributed by atoms with Crippen LogP contribution in [0.3, 0.4) is 0 Å². The molecule has 0 radical (unpaired) electrons. The third-order valence-corrected chi connectivity index (χ3v) is 6.72. The van der Waals surface area contributed by atoms with E-state index in [0.717, 1.165) is 29.1 Å². The number of fused-ring (bicyclic) bond motifs is 3. The summed E-state index contributed by atoms with van der Waals surface area (Å²) in [6.07, 6.45) is 9.91. The minimum Gasteiger partial charge on any atom is -0.353 e. The number of aromatic nitrogens is 2. The molecule has 0 saturated heterocycles. The Morgan fingerprint density at radius 2 is 2.14 bits per heavy atom. The summed E-state index contributed by atoms with van der Waals surface area (Å²) in [5.74, 6) is 0.586. The molecule has 0 bridgehead atoms. The number of amides is 1. The zero-order chi connectivity index (χ0) is 14.9. The number of carbonyl (C=O) groups is 1. The molecule has 2 aliphatic rings. The smallest absolute Gasteiger partial charge is 0.230 e. The zero-order valence-electron chi connectivity index (χ0n) is 12.4.